The quantitative estimate of drug-likeness (QED) is 0.279. The van der Waals surface area contributed by atoms with E-state index in [1.165, 1.54) is 12.5 Å². The average molecular weight is 522 g/mol. The maximum atomic E-state index is 13.1. The van der Waals surface area contributed by atoms with Crippen LogP contribution in [-0.2, 0) is 11.2 Å². The van der Waals surface area contributed by atoms with Gasteiger partial charge in [-0.3, -0.25) is 4.79 Å². The molecule has 0 radical (unpaired) electrons. The second kappa shape index (κ2) is 10.3. The van der Waals surface area contributed by atoms with Crippen molar-refractivity contribution in [1.29, 1.82) is 0 Å². The SMILES string of the molecule is Cc1cc(CC(NC(=O)c2ccc3c(c2)nc(-c2ccoc2)n3C2CCCCC2)C(=O)O)cc(Cl)c1O. The number of aromatic nitrogens is 2. The number of carboxylic acid groups (broad SMARTS) is 1. The van der Waals surface area contributed by atoms with Crippen molar-refractivity contribution >= 4 is 34.5 Å². The molecular weight excluding hydrogens is 494 g/mol. The molecule has 8 nitrogen and oxygen atoms in total. The van der Waals surface area contributed by atoms with E-state index in [1.807, 2.05) is 12.1 Å². The number of aromatic hydroxyl groups is 1. The zero-order valence-corrected chi connectivity index (χ0v) is 21.2. The molecule has 0 aliphatic heterocycles. The van der Waals surface area contributed by atoms with E-state index >= 15 is 0 Å². The summed E-state index contributed by atoms with van der Waals surface area (Å²) < 4.78 is 7.56. The number of furan rings is 1. The van der Waals surface area contributed by atoms with E-state index < -0.39 is 17.9 Å². The van der Waals surface area contributed by atoms with Crippen molar-refractivity contribution in [2.24, 2.45) is 0 Å². The van der Waals surface area contributed by atoms with E-state index in [0.717, 1.165) is 42.6 Å². The van der Waals surface area contributed by atoms with Crippen LogP contribution in [-0.4, -0.2) is 37.7 Å². The van der Waals surface area contributed by atoms with Gasteiger partial charge in [-0.2, -0.15) is 0 Å². The number of amides is 1. The number of imidazole rings is 1. The van der Waals surface area contributed by atoms with E-state index in [2.05, 4.69) is 9.88 Å². The molecule has 1 unspecified atom stereocenters. The van der Waals surface area contributed by atoms with Crippen molar-refractivity contribution in [1.82, 2.24) is 14.9 Å². The minimum Gasteiger partial charge on any atom is -0.506 e. The Balaban J connectivity index is 1.43. The number of fused-ring (bicyclic) bond motifs is 1. The Bertz CT molecular complexity index is 1430. The number of nitrogens with zero attached hydrogens (tertiary/aromatic N) is 2. The van der Waals surface area contributed by atoms with Gasteiger partial charge < -0.3 is 24.5 Å². The second-order valence-corrected chi connectivity index (χ2v) is 10.0. The molecule has 1 aliphatic rings. The summed E-state index contributed by atoms with van der Waals surface area (Å²) in [6.07, 6.45) is 9.01. The predicted octanol–water partition coefficient (Wildman–Crippen LogP) is 5.89. The van der Waals surface area contributed by atoms with Crippen LogP contribution in [0.15, 0.2) is 53.3 Å². The molecule has 1 aliphatic carbocycles. The fraction of sp³-hybridized carbons (Fsp3) is 0.321. The fourth-order valence-electron chi connectivity index (χ4n) is 5.15. The van der Waals surface area contributed by atoms with Gasteiger partial charge in [-0.05, 0) is 61.2 Å². The Morgan fingerprint density at radius 1 is 1.19 bits per heavy atom. The number of carbonyl (C=O) groups is 2. The Morgan fingerprint density at radius 3 is 2.65 bits per heavy atom. The first-order chi connectivity index (χ1) is 17.8. The molecule has 9 heteroatoms. The molecular formula is C28H28ClN3O5. The Labute approximate surface area is 218 Å². The van der Waals surface area contributed by atoms with Crippen LogP contribution in [0, 0.1) is 6.92 Å². The molecule has 0 spiro atoms. The van der Waals surface area contributed by atoms with Crippen molar-refractivity contribution in [3.8, 4) is 17.1 Å². The highest BCUT2D eigenvalue weighted by Gasteiger charge is 2.25. The summed E-state index contributed by atoms with van der Waals surface area (Å²) in [7, 11) is 0. The van der Waals surface area contributed by atoms with E-state index in [9.17, 15) is 19.8 Å². The van der Waals surface area contributed by atoms with E-state index in [1.54, 1.807) is 37.6 Å². The number of benzene rings is 2. The molecule has 0 saturated heterocycles. The summed E-state index contributed by atoms with van der Waals surface area (Å²) in [6, 6.07) is 9.48. The second-order valence-electron chi connectivity index (χ2n) is 9.62. The topological polar surface area (TPSA) is 118 Å². The lowest BCUT2D eigenvalue weighted by atomic mass is 9.95. The van der Waals surface area contributed by atoms with Gasteiger partial charge in [0.1, 0.15) is 23.9 Å². The molecule has 5 rings (SSSR count). The van der Waals surface area contributed by atoms with Crippen LogP contribution in [0.25, 0.3) is 22.4 Å². The summed E-state index contributed by atoms with van der Waals surface area (Å²) >= 11 is 6.05. The monoisotopic (exact) mass is 521 g/mol. The van der Waals surface area contributed by atoms with E-state index in [0.29, 0.717) is 28.2 Å². The van der Waals surface area contributed by atoms with Crippen LogP contribution in [0.2, 0.25) is 5.02 Å². The van der Waals surface area contributed by atoms with Gasteiger partial charge in [0, 0.05) is 18.0 Å². The standard InChI is InChI=1S/C28H28ClN3O5/c1-16-11-17(12-21(29)25(16)33)13-23(28(35)36)31-27(34)18-7-8-24-22(14-18)30-26(19-9-10-37-15-19)32(24)20-5-3-2-4-6-20/h7-12,14-15,20,23,33H,2-6,13H2,1H3,(H,31,34)(H,35,36). The van der Waals surface area contributed by atoms with Crippen LogP contribution in [0.4, 0.5) is 0 Å². The van der Waals surface area contributed by atoms with Gasteiger partial charge in [0.05, 0.1) is 27.9 Å². The van der Waals surface area contributed by atoms with Crippen molar-refractivity contribution in [2.45, 2.75) is 57.5 Å². The number of phenolic OH excluding ortho intramolecular Hbond substituents is 1. The fourth-order valence-corrected chi connectivity index (χ4v) is 5.44. The van der Waals surface area contributed by atoms with Crippen molar-refractivity contribution in [3.63, 3.8) is 0 Å². The Hall–Kier alpha value is -3.78. The molecule has 0 bridgehead atoms. The van der Waals surface area contributed by atoms with Crippen molar-refractivity contribution in [2.75, 3.05) is 0 Å². The first kappa shape index (κ1) is 24.9. The molecule has 1 amide bonds. The number of aliphatic carboxylic acids is 1. The molecule has 1 saturated carbocycles. The lowest BCUT2D eigenvalue weighted by Gasteiger charge is -2.25. The zero-order valence-electron chi connectivity index (χ0n) is 20.4. The summed E-state index contributed by atoms with van der Waals surface area (Å²) in [5, 5.41) is 22.4. The molecule has 1 atom stereocenters. The summed E-state index contributed by atoms with van der Waals surface area (Å²) in [5.74, 6) is -0.915. The molecule has 192 valence electrons. The third kappa shape index (κ3) is 5.06. The lowest BCUT2D eigenvalue weighted by Crippen LogP contribution is -2.42. The third-order valence-corrected chi connectivity index (χ3v) is 7.32. The molecule has 37 heavy (non-hydrogen) atoms. The smallest absolute Gasteiger partial charge is 0.326 e. The van der Waals surface area contributed by atoms with Crippen molar-refractivity contribution in [3.05, 3.63) is 70.6 Å². The van der Waals surface area contributed by atoms with Gasteiger partial charge in [-0.15, -0.1) is 0 Å². The number of carbonyl (C=O) groups excluding carboxylic acids is 1. The van der Waals surface area contributed by atoms with Gasteiger partial charge >= 0.3 is 5.97 Å². The van der Waals surface area contributed by atoms with Crippen LogP contribution in [0.1, 0.15) is 59.6 Å². The van der Waals surface area contributed by atoms with Crippen LogP contribution in [0.5, 0.6) is 5.75 Å². The average Bonchev–Trinajstić information content (AvgIpc) is 3.54. The Kier molecular flexibility index (Phi) is 6.93. The predicted molar refractivity (Wildman–Crippen MR) is 140 cm³/mol. The number of halogens is 1. The zero-order chi connectivity index (χ0) is 26.1. The van der Waals surface area contributed by atoms with Crippen LogP contribution in [0.3, 0.4) is 0 Å². The highest BCUT2D eigenvalue weighted by molar-refractivity contribution is 6.32. The lowest BCUT2D eigenvalue weighted by molar-refractivity contribution is -0.139. The summed E-state index contributed by atoms with van der Waals surface area (Å²) in [6.45, 7) is 1.68. The van der Waals surface area contributed by atoms with E-state index in [-0.39, 0.29) is 17.2 Å². The summed E-state index contributed by atoms with van der Waals surface area (Å²) in [5.41, 5.74) is 3.93. The minimum absolute atomic E-state index is 0.0190. The Morgan fingerprint density at radius 2 is 1.97 bits per heavy atom. The van der Waals surface area contributed by atoms with Gasteiger partial charge in [0.15, 0.2) is 0 Å². The van der Waals surface area contributed by atoms with Gasteiger partial charge in [0.2, 0.25) is 0 Å². The number of phenols is 1. The molecule has 1 fully saturated rings. The number of carboxylic acids is 1. The number of aryl methyl sites for hydroxylation is 1. The third-order valence-electron chi connectivity index (χ3n) is 7.03. The molecule has 3 N–H and O–H groups in total. The summed E-state index contributed by atoms with van der Waals surface area (Å²) in [4.78, 5) is 29.9. The highest BCUT2D eigenvalue weighted by atomic mass is 35.5. The number of nitrogens with one attached hydrogen (secondary N) is 1. The van der Waals surface area contributed by atoms with Crippen LogP contribution < -0.4 is 5.32 Å². The maximum absolute atomic E-state index is 13.1. The normalized spacial score (nSPS) is 15.1. The first-order valence-corrected chi connectivity index (χ1v) is 12.8. The number of hydrogen-bond acceptors (Lipinski definition) is 5. The molecule has 2 aromatic heterocycles. The molecule has 2 aromatic carbocycles. The molecule has 2 heterocycles. The first-order valence-electron chi connectivity index (χ1n) is 12.4. The van der Waals surface area contributed by atoms with Gasteiger partial charge in [-0.1, -0.05) is 36.9 Å². The van der Waals surface area contributed by atoms with E-state index in [4.69, 9.17) is 21.0 Å². The van der Waals surface area contributed by atoms with Gasteiger partial charge in [-0.25, -0.2) is 9.78 Å². The number of rotatable bonds is 7. The number of hydrogen-bond donors (Lipinski definition) is 3. The minimum atomic E-state index is -1.18. The van der Waals surface area contributed by atoms with Crippen LogP contribution >= 0.6 is 11.6 Å². The van der Waals surface area contributed by atoms with Gasteiger partial charge in [0.25, 0.3) is 5.91 Å². The largest absolute Gasteiger partial charge is 0.506 e. The maximum Gasteiger partial charge on any atom is 0.326 e. The van der Waals surface area contributed by atoms with Crippen molar-refractivity contribution < 1.29 is 24.2 Å². The molecule has 4 aromatic rings. The highest BCUT2D eigenvalue weighted by Crippen LogP contribution is 2.36.